The third-order valence-electron chi connectivity index (χ3n) is 6.18. The molecule has 2 bridgehead atoms. The van der Waals surface area contributed by atoms with Crippen LogP contribution in [0.3, 0.4) is 0 Å². The highest BCUT2D eigenvalue weighted by Gasteiger charge is 2.34. The van der Waals surface area contributed by atoms with E-state index in [0.29, 0.717) is 12.0 Å². The van der Waals surface area contributed by atoms with Crippen LogP contribution in [0.15, 0.2) is 66.7 Å². The first-order valence-corrected chi connectivity index (χ1v) is 9.89. The van der Waals surface area contributed by atoms with Crippen LogP contribution < -0.4 is 5.32 Å². The summed E-state index contributed by atoms with van der Waals surface area (Å²) in [6.07, 6.45) is 2.42. The first-order chi connectivity index (χ1) is 13.3. The van der Waals surface area contributed by atoms with E-state index in [0.717, 1.165) is 23.2 Å². The minimum atomic E-state index is 0.0522. The molecule has 3 nitrogen and oxygen atoms in total. The standard InChI is InChI=1S/C24H24N2O/c27-24(25-23-16-26-12-10-18(23)11-13-26)22-7-3-6-20(15-22)21-9-8-17-4-1-2-5-19(17)14-21/h1-9,14-15,18,23H,10-13,16H2,(H,25,27)/t23-/m0/s1. The van der Waals surface area contributed by atoms with Gasteiger partial charge in [-0.05, 0) is 71.9 Å². The topological polar surface area (TPSA) is 32.3 Å². The van der Waals surface area contributed by atoms with E-state index in [1.165, 1.54) is 36.7 Å². The molecule has 27 heavy (non-hydrogen) atoms. The minimum absolute atomic E-state index is 0.0522. The number of benzene rings is 3. The summed E-state index contributed by atoms with van der Waals surface area (Å²) in [7, 11) is 0. The van der Waals surface area contributed by atoms with Gasteiger partial charge >= 0.3 is 0 Å². The minimum Gasteiger partial charge on any atom is -0.348 e. The first-order valence-electron chi connectivity index (χ1n) is 9.89. The van der Waals surface area contributed by atoms with Crippen LogP contribution in [0, 0.1) is 5.92 Å². The molecule has 0 unspecified atom stereocenters. The average molecular weight is 356 g/mol. The summed E-state index contributed by atoms with van der Waals surface area (Å²) in [5.74, 6) is 0.694. The number of hydrogen-bond donors (Lipinski definition) is 1. The van der Waals surface area contributed by atoms with Gasteiger partial charge in [-0.3, -0.25) is 4.79 Å². The van der Waals surface area contributed by atoms with Crippen LogP contribution in [-0.4, -0.2) is 36.5 Å². The molecule has 3 aromatic carbocycles. The smallest absolute Gasteiger partial charge is 0.251 e. The van der Waals surface area contributed by atoms with Gasteiger partial charge in [0.05, 0.1) is 0 Å². The number of piperidine rings is 3. The van der Waals surface area contributed by atoms with Crippen molar-refractivity contribution in [2.24, 2.45) is 5.92 Å². The number of nitrogens with one attached hydrogen (secondary N) is 1. The lowest BCUT2D eigenvalue weighted by molar-refractivity contribution is 0.0620. The number of rotatable bonds is 3. The van der Waals surface area contributed by atoms with Crippen LogP contribution in [0.2, 0.25) is 0 Å². The predicted molar refractivity (Wildman–Crippen MR) is 110 cm³/mol. The van der Waals surface area contributed by atoms with E-state index in [1.54, 1.807) is 0 Å². The van der Waals surface area contributed by atoms with Crippen molar-refractivity contribution in [3.05, 3.63) is 72.3 Å². The molecule has 0 radical (unpaired) electrons. The van der Waals surface area contributed by atoms with Crippen LogP contribution in [0.5, 0.6) is 0 Å². The second-order valence-corrected chi connectivity index (χ2v) is 7.86. The molecule has 3 aliphatic rings. The van der Waals surface area contributed by atoms with Gasteiger partial charge in [-0.1, -0.05) is 48.5 Å². The normalized spacial score (nSPS) is 24.1. The Morgan fingerprint density at radius 2 is 1.63 bits per heavy atom. The van der Waals surface area contributed by atoms with E-state index in [4.69, 9.17) is 0 Å². The fourth-order valence-corrected chi connectivity index (χ4v) is 4.59. The highest BCUT2D eigenvalue weighted by atomic mass is 16.1. The summed E-state index contributed by atoms with van der Waals surface area (Å²) in [5.41, 5.74) is 2.98. The van der Waals surface area contributed by atoms with Gasteiger partial charge in [0.1, 0.15) is 0 Å². The highest BCUT2D eigenvalue weighted by molar-refractivity contribution is 5.96. The molecule has 0 saturated carbocycles. The third-order valence-corrected chi connectivity index (χ3v) is 6.18. The van der Waals surface area contributed by atoms with Gasteiger partial charge in [-0.15, -0.1) is 0 Å². The number of nitrogens with zero attached hydrogens (tertiary/aromatic N) is 1. The molecule has 1 atom stereocenters. The van der Waals surface area contributed by atoms with E-state index in [9.17, 15) is 4.79 Å². The Hall–Kier alpha value is -2.65. The number of amides is 1. The number of carbonyl (C=O) groups excluding carboxylic acids is 1. The van der Waals surface area contributed by atoms with Crippen molar-refractivity contribution in [2.45, 2.75) is 18.9 Å². The van der Waals surface area contributed by atoms with Gasteiger partial charge in [0.15, 0.2) is 0 Å². The molecule has 136 valence electrons. The Labute approximate surface area is 160 Å². The fraction of sp³-hybridized carbons (Fsp3) is 0.292. The van der Waals surface area contributed by atoms with Crippen LogP contribution in [0.1, 0.15) is 23.2 Å². The lowest BCUT2D eigenvalue weighted by Crippen LogP contribution is -2.57. The SMILES string of the molecule is O=C(N[C@H]1CN2CCC1CC2)c1cccc(-c2ccc3ccccc3c2)c1. The van der Waals surface area contributed by atoms with Crippen molar-refractivity contribution >= 4 is 16.7 Å². The van der Waals surface area contributed by atoms with Gasteiger partial charge in [0, 0.05) is 18.2 Å². The number of carbonyl (C=O) groups is 1. The maximum atomic E-state index is 12.9. The summed E-state index contributed by atoms with van der Waals surface area (Å²) in [6.45, 7) is 3.38. The van der Waals surface area contributed by atoms with Crippen molar-refractivity contribution in [2.75, 3.05) is 19.6 Å². The lowest BCUT2D eigenvalue weighted by Gasteiger charge is -2.44. The monoisotopic (exact) mass is 356 g/mol. The molecule has 0 aromatic heterocycles. The molecule has 6 rings (SSSR count). The summed E-state index contributed by atoms with van der Waals surface area (Å²) in [4.78, 5) is 15.3. The quantitative estimate of drug-likeness (QED) is 0.757. The van der Waals surface area contributed by atoms with E-state index in [1.807, 2.05) is 18.2 Å². The Morgan fingerprint density at radius 1 is 0.852 bits per heavy atom. The fourth-order valence-electron chi connectivity index (χ4n) is 4.59. The Balaban J connectivity index is 1.38. The van der Waals surface area contributed by atoms with Gasteiger partial charge < -0.3 is 10.2 Å². The molecule has 1 N–H and O–H groups in total. The number of fused-ring (bicyclic) bond motifs is 4. The van der Waals surface area contributed by atoms with E-state index in [2.05, 4.69) is 58.7 Å². The van der Waals surface area contributed by atoms with Crippen molar-refractivity contribution in [1.29, 1.82) is 0 Å². The summed E-state index contributed by atoms with van der Waals surface area (Å²) in [5, 5.41) is 5.75. The van der Waals surface area contributed by atoms with Crippen LogP contribution in [0.4, 0.5) is 0 Å². The maximum absolute atomic E-state index is 12.9. The molecule has 3 heteroatoms. The van der Waals surface area contributed by atoms with E-state index < -0.39 is 0 Å². The Kier molecular flexibility index (Phi) is 4.17. The molecule has 3 aromatic rings. The van der Waals surface area contributed by atoms with E-state index >= 15 is 0 Å². The van der Waals surface area contributed by atoms with Crippen molar-refractivity contribution in [1.82, 2.24) is 10.2 Å². The summed E-state index contributed by atoms with van der Waals surface area (Å²) >= 11 is 0. The maximum Gasteiger partial charge on any atom is 0.251 e. The van der Waals surface area contributed by atoms with E-state index in [-0.39, 0.29) is 5.91 Å². The van der Waals surface area contributed by atoms with Crippen LogP contribution in [0.25, 0.3) is 21.9 Å². The van der Waals surface area contributed by atoms with Crippen LogP contribution >= 0.6 is 0 Å². The molecule has 0 aliphatic carbocycles. The molecule has 3 heterocycles. The highest BCUT2D eigenvalue weighted by Crippen LogP contribution is 2.28. The third kappa shape index (κ3) is 3.24. The van der Waals surface area contributed by atoms with Crippen LogP contribution in [-0.2, 0) is 0 Å². The summed E-state index contributed by atoms with van der Waals surface area (Å²) < 4.78 is 0. The molecular formula is C24H24N2O. The Bertz CT molecular complexity index is 988. The second-order valence-electron chi connectivity index (χ2n) is 7.86. The average Bonchev–Trinajstić information content (AvgIpc) is 2.74. The molecule has 1 amide bonds. The zero-order chi connectivity index (χ0) is 18.2. The predicted octanol–water partition coefficient (Wildman–Crippen LogP) is 4.33. The zero-order valence-electron chi connectivity index (χ0n) is 15.4. The number of hydrogen-bond acceptors (Lipinski definition) is 2. The zero-order valence-corrected chi connectivity index (χ0v) is 15.4. The molecule has 0 spiro atoms. The van der Waals surface area contributed by atoms with Gasteiger partial charge in [-0.2, -0.15) is 0 Å². The summed E-state index contributed by atoms with van der Waals surface area (Å²) in [6, 6.07) is 23.1. The molecule has 3 aliphatic heterocycles. The lowest BCUT2D eigenvalue weighted by atomic mass is 9.84. The van der Waals surface area contributed by atoms with Gasteiger partial charge in [0.25, 0.3) is 5.91 Å². The van der Waals surface area contributed by atoms with Crippen molar-refractivity contribution in [3.8, 4) is 11.1 Å². The van der Waals surface area contributed by atoms with Crippen molar-refractivity contribution in [3.63, 3.8) is 0 Å². The molecule has 3 saturated heterocycles. The van der Waals surface area contributed by atoms with Crippen molar-refractivity contribution < 1.29 is 4.79 Å². The van der Waals surface area contributed by atoms with Gasteiger partial charge in [0.2, 0.25) is 0 Å². The molecular weight excluding hydrogens is 332 g/mol. The van der Waals surface area contributed by atoms with Gasteiger partial charge in [-0.25, -0.2) is 0 Å². The largest absolute Gasteiger partial charge is 0.348 e. The first kappa shape index (κ1) is 16.5. The molecule has 3 fully saturated rings. The Morgan fingerprint density at radius 3 is 2.41 bits per heavy atom. The second kappa shape index (κ2) is 6.82.